The molecule has 0 aliphatic carbocycles. The Hall–Kier alpha value is -1.36. The number of aromatic carboxylic acids is 1. The highest BCUT2D eigenvalue weighted by molar-refractivity contribution is 7.92. The molecule has 1 aromatic heterocycles. The predicted molar refractivity (Wildman–Crippen MR) is 71.3 cm³/mol. The molecule has 0 saturated carbocycles. The largest absolute Gasteiger partial charge is 0.478 e. The van der Waals surface area contributed by atoms with Gasteiger partial charge in [-0.3, -0.25) is 4.31 Å². The number of carboxylic acid groups (broad SMARTS) is 1. The topological polar surface area (TPSA) is 87.6 Å². The molecule has 0 aromatic carbocycles. The first-order chi connectivity index (χ1) is 9.46. The lowest BCUT2D eigenvalue weighted by atomic mass is 10.2. The van der Waals surface area contributed by atoms with Crippen LogP contribution < -0.4 is 4.31 Å². The van der Waals surface area contributed by atoms with Crippen LogP contribution in [0.4, 0.5) is 18.2 Å². The summed E-state index contributed by atoms with van der Waals surface area (Å²) in [6.07, 6.45) is -6.23. The van der Waals surface area contributed by atoms with Gasteiger partial charge in [-0.2, -0.15) is 17.5 Å². The fourth-order valence-electron chi connectivity index (χ4n) is 1.54. The second-order valence-electron chi connectivity index (χ2n) is 4.26. The van der Waals surface area contributed by atoms with Crippen LogP contribution in [0.15, 0.2) is 0 Å². The zero-order chi connectivity index (χ0) is 16.4. The third kappa shape index (κ3) is 4.56. The Labute approximate surface area is 123 Å². The average molecular weight is 346 g/mol. The molecule has 0 amide bonds. The Morgan fingerprint density at radius 3 is 2.48 bits per heavy atom. The average Bonchev–Trinajstić information content (AvgIpc) is 2.67. The summed E-state index contributed by atoms with van der Waals surface area (Å²) in [5.74, 6) is -2.06. The van der Waals surface area contributed by atoms with E-state index in [2.05, 4.69) is 4.37 Å². The standard InChI is InChI=1S/C10H13F3N2O4S2/c1-6-7(9(16)17)8(20-14-6)15(2)21(18,19)5-3-4-10(11,12)13/h3-5H2,1-2H3,(H,16,17). The number of halogens is 3. The van der Waals surface area contributed by atoms with Crippen LogP contribution in [-0.2, 0) is 10.0 Å². The SMILES string of the molecule is Cc1nsc(N(C)S(=O)(=O)CCCC(F)(F)F)c1C(=O)O. The van der Waals surface area contributed by atoms with Crippen LogP contribution in [0.1, 0.15) is 28.9 Å². The molecule has 0 saturated heterocycles. The van der Waals surface area contributed by atoms with Crippen molar-refractivity contribution in [3.05, 3.63) is 11.3 Å². The summed E-state index contributed by atoms with van der Waals surface area (Å²) in [4.78, 5) is 11.1. The minimum Gasteiger partial charge on any atom is -0.478 e. The van der Waals surface area contributed by atoms with Gasteiger partial charge in [0.15, 0.2) is 0 Å². The second-order valence-corrected chi connectivity index (χ2v) is 7.13. The van der Waals surface area contributed by atoms with Crippen molar-refractivity contribution in [2.24, 2.45) is 0 Å². The van der Waals surface area contributed by atoms with Crippen LogP contribution in [-0.4, -0.2) is 42.8 Å². The number of rotatable bonds is 6. The van der Waals surface area contributed by atoms with Crippen molar-refractivity contribution in [1.82, 2.24) is 4.37 Å². The van der Waals surface area contributed by atoms with Gasteiger partial charge in [0.25, 0.3) is 0 Å². The van der Waals surface area contributed by atoms with Gasteiger partial charge in [-0.05, 0) is 24.9 Å². The smallest absolute Gasteiger partial charge is 0.389 e. The highest BCUT2D eigenvalue weighted by Crippen LogP contribution is 2.30. The lowest BCUT2D eigenvalue weighted by molar-refractivity contribution is -0.134. The van der Waals surface area contributed by atoms with Crippen molar-refractivity contribution in [3.63, 3.8) is 0 Å². The molecule has 11 heteroatoms. The van der Waals surface area contributed by atoms with Gasteiger partial charge in [-0.25, -0.2) is 13.2 Å². The van der Waals surface area contributed by atoms with E-state index in [1.807, 2.05) is 0 Å². The molecule has 0 spiro atoms. The monoisotopic (exact) mass is 346 g/mol. The molecule has 0 unspecified atom stereocenters. The molecule has 6 nitrogen and oxygen atoms in total. The number of aryl methyl sites for hydroxylation is 1. The number of hydrogen-bond donors (Lipinski definition) is 1. The van der Waals surface area contributed by atoms with E-state index >= 15 is 0 Å². The number of carboxylic acids is 1. The molecular formula is C10H13F3N2O4S2. The minimum atomic E-state index is -4.43. The maximum atomic E-state index is 12.0. The van der Waals surface area contributed by atoms with Crippen LogP contribution in [0, 0.1) is 6.92 Å². The van der Waals surface area contributed by atoms with E-state index in [1.54, 1.807) is 0 Å². The first-order valence-corrected chi connectivity index (χ1v) is 8.07. The van der Waals surface area contributed by atoms with Crippen LogP contribution in [0.5, 0.6) is 0 Å². The van der Waals surface area contributed by atoms with E-state index in [0.717, 1.165) is 7.05 Å². The lowest BCUT2D eigenvalue weighted by Crippen LogP contribution is -2.30. The van der Waals surface area contributed by atoms with Gasteiger partial charge in [-0.15, -0.1) is 0 Å². The van der Waals surface area contributed by atoms with Crippen LogP contribution in [0.2, 0.25) is 0 Å². The number of hydrogen-bond acceptors (Lipinski definition) is 5. The fourth-order valence-corrected chi connectivity index (χ4v) is 3.86. The number of aromatic nitrogens is 1. The van der Waals surface area contributed by atoms with Crippen molar-refractivity contribution < 1.29 is 31.5 Å². The molecule has 0 aliphatic rings. The summed E-state index contributed by atoms with van der Waals surface area (Å²) in [5.41, 5.74) is -0.110. The highest BCUT2D eigenvalue weighted by Gasteiger charge is 2.30. The van der Waals surface area contributed by atoms with Crippen molar-refractivity contribution in [2.45, 2.75) is 25.9 Å². The minimum absolute atomic E-state index is 0.119. The molecule has 1 rings (SSSR count). The van der Waals surface area contributed by atoms with Crippen LogP contribution in [0.3, 0.4) is 0 Å². The van der Waals surface area contributed by atoms with Gasteiger partial charge >= 0.3 is 12.1 Å². The predicted octanol–water partition coefficient (Wildman–Crippen LogP) is 2.26. The number of sulfonamides is 1. The molecule has 0 bridgehead atoms. The van der Waals surface area contributed by atoms with E-state index in [9.17, 15) is 26.4 Å². The van der Waals surface area contributed by atoms with E-state index in [-0.39, 0.29) is 16.3 Å². The van der Waals surface area contributed by atoms with Crippen molar-refractivity contribution in [1.29, 1.82) is 0 Å². The molecule has 21 heavy (non-hydrogen) atoms. The zero-order valence-corrected chi connectivity index (χ0v) is 12.8. The molecule has 120 valence electrons. The van der Waals surface area contributed by atoms with Crippen molar-refractivity contribution in [2.75, 3.05) is 17.1 Å². The second kappa shape index (κ2) is 6.18. The number of anilines is 1. The summed E-state index contributed by atoms with van der Waals surface area (Å²) in [6, 6.07) is 0. The Kier molecular flexibility index (Phi) is 5.20. The van der Waals surface area contributed by atoms with E-state index in [0.29, 0.717) is 15.8 Å². The highest BCUT2D eigenvalue weighted by atomic mass is 32.2. The first kappa shape index (κ1) is 17.7. The molecule has 1 aromatic rings. The molecule has 0 fully saturated rings. The number of carbonyl (C=O) groups is 1. The summed E-state index contributed by atoms with van der Waals surface area (Å²) in [5, 5.41) is 8.91. The Balaban J connectivity index is 2.92. The van der Waals surface area contributed by atoms with E-state index in [1.165, 1.54) is 6.92 Å². The van der Waals surface area contributed by atoms with E-state index < -0.39 is 40.8 Å². The lowest BCUT2D eigenvalue weighted by Gasteiger charge is -2.18. The Morgan fingerprint density at radius 2 is 2.00 bits per heavy atom. The molecular weight excluding hydrogens is 333 g/mol. The molecule has 0 radical (unpaired) electrons. The van der Waals surface area contributed by atoms with Gasteiger partial charge in [-0.1, -0.05) is 0 Å². The fraction of sp³-hybridized carbons (Fsp3) is 0.600. The maximum Gasteiger partial charge on any atom is 0.389 e. The maximum absolute atomic E-state index is 12.0. The Bertz CT molecular complexity index is 625. The first-order valence-electron chi connectivity index (χ1n) is 5.68. The normalized spacial score (nSPS) is 12.4. The van der Waals surface area contributed by atoms with Crippen molar-refractivity contribution in [3.8, 4) is 0 Å². The van der Waals surface area contributed by atoms with Gasteiger partial charge in [0.1, 0.15) is 10.6 Å². The third-order valence-corrected chi connectivity index (χ3v) is 5.58. The molecule has 1 heterocycles. The van der Waals surface area contributed by atoms with Crippen molar-refractivity contribution >= 4 is 32.5 Å². The molecule has 1 N–H and O–H groups in total. The zero-order valence-electron chi connectivity index (χ0n) is 11.1. The van der Waals surface area contributed by atoms with Gasteiger partial charge in [0.2, 0.25) is 10.0 Å². The van der Waals surface area contributed by atoms with E-state index in [4.69, 9.17) is 5.11 Å². The summed E-state index contributed by atoms with van der Waals surface area (Å²) in [7, 11) is -2.94. The van der Waals surface area contributed by atoms with Crippen LogP contribution >= 0.6 is 11.5 Å². The Morgan fingerprint density at radius 1 is 1.43 bits per heavy atom. The van der Waals surface area contributed by atoms with Gasteiger partial charge < -0.3 is 5.11 Å². The summed E-state index contributed by atoms with van der Waals surface area (Å²) >= 11 is 0.672. The van der Waals surface area contributed by atoms with Crippen LogP contribution in [0.25, 0.3) is 0 Å². The molecule has 0 aliphatic heterocycles. The summed E-state index contributed by atoms with van der Waals surface area (Å²) in [6.45, 7) is 1.41. The quantitative estimate of drug-likeness (QED) is 0.854. The summed E-state index contributed by atoms with van der Waals surface area (Å²) < 4.78 is 64.4. The third-order valence-electron chi connectivity index (χ3n) is 2.62. The number of nitrogens with zero attached hydrogens (tertiary/aromatic N) is 2. The van der Waals surface area contributed by atoms with Gasteiger partial charge in [0, 0.05) is 13.5 Å². The number of alkyl halides is 3. The van der Waals surface area contributed by atoms with Gasteiger partial charge in [0.05, 0.1) is 11.4 Å². The molecule has 0 atom stereocenters.